The zero-order valence-corrected chi connectivity index (χ0v) is 14.4. The number of pyridine rings is 1. The summed E-state index contributed by atoms with van der Waals surface area (Å²) in [6, 6.07) is 21.4. The molecule has 0 spiro atoms. The average Bonchev–Trinajstić information content (AvgIpc) is 2.66. The van der Waals surface area contributed by atoms with Gasteiger partial charge in [0.05, 0.1) is 29.1 Å². The lowest BCUT2D eigenvalue weighted by molar-refractivity contribution is 0.126. The van der Waals surface area contributed by atoms with E-state index >= 15 is 0 Å². The van der Waals surface area contributed by atoms with Crippen molar-refractivity contribution < 1.29 is 9.84 Å². The van der Waals surface area contributed by atoms with Gasteiger partial charge in [0, 0.05) is 11.1 Å². The highest BCUT2D eigenvalue weighted by molar-refractivity contribution is 7.99. The summed E-state index contributed by atoms with van der Waals surface area (Å²) in [4.78, 5) is 4.58. The molecule has 0 aliphatic heterocycles. The molecule has 126 valence electrons. The van der Waals surface area contributed by atoms with Crippen molar-refractivity contribution in [2.75, 3.05) is 12.4 Å². The van der Waals surface area contributed by atoms with Gasteiger partial charge in [0.1, 0.15) is 12.4 Å². The van der Waals surface area contributed by atoms with E-state index in [2.05, 4.69) is 11.1 Å². The van der Waals surface area contributed by atoms with E-state index in [0.717, 1.165) is 21.5 Å². The summed E-state index contributed by atoms with van der Waals surface area (Å²) in [6.45, 7) is 0.220. The fourth-order valence-electron chi connectivity index (χ4n) is 2.34. The Hall–Kier alpha value is -2.55. The Morgan fingerprint density at radius 3 is 2.68 bits per heavy atom. The first-order valence-corrected chi connectivity index (χ1v) is 8.98. The van der Waals surface area contributed by atoms with Crippen LogP contribution in [0, 0.1) is 11.3 Å². The van der Waals surface area contributed by atoms with Crippen LogP contribution in [0.4, 0.5) is 0 Å². The standard InChI is InChI=1S/C20H18N2O2S/c21-12-11-15-5-8-18(9-6-15)24-13-17(23)14-25-20-10-7-16-3-1-2-4-19(16)22-20/h1-10,17,23H,11,13-14H2/t17-/m1/s1. The van der Waals surface area contributed by atoms with Crippen molar-refractivity contribution in [2.24, 2.45) is 0 Å². The number of benzene rings is 2. The molecular formula is C20H18N2O2S. The van der Waals surface area contributed by atoms with Crippen LogP contribution in [0.25, 0.3) is 10.9 Å². The van der Waals surface area contributed by atoms with Crippen LogP contribution in [0.5, 0.6) is 5.75 Å². The molecule has 1 heterocycles. The molecule has 0 aliphatic rings. The van der Waals surface area contributed by atoms with E-state index in [0.29, 0.717) is 17.9 Å². The van der Waals surface area contributed by atoms with Crippen molar-refractivity contribution in [3.8, 4) is 11.8 Å². The van der Waals surface area contributed by atoms with Crippen molar-refractivity contribution in [3.05, 3.63) is 66.2 Å². The van der Waals surface area contributed by atoms with Gasteiger partial charge in [0.2, 0.25) is 0 Å². The molecule has 0 saturated carbocycles. The summed E-state index contributed by atoms with van der Waals surface area (Å²) in [5.74, 6) is 1.20. The highest BCUT2D eigenvalue weighted by Crippen LogP contribution is 2.21. The van der Waals surface area contributed by atoms with Crippen molar-refractivity contribution in [2.45, 2.75) is 17.6 Å². The van der Waals surface area contributed by atoms with Gasteiger partial charge in [0.15, 0.2) is 0 Å². The molecule has 5 heteroatoms. The second-order valence-corrected chi connectivity index (χ2v) is 6.64. The summed E-state index contributed by atoms with van der Waals surface area (Å²) >= 11 is 1.51. The van der Waals surface area contributed by atoms with Gasteiger partial charge in [-0.2, -0.15) is 5.26 Å². The van der Waals surface area contributed by atoms with Gasteiger partial charge in [-0.25, -0.2) is 4.98 Å². The van der Waals surface area contributed by atoms with Gasteiger partial charge in [-0.05, 0) is 29.8 Å². The topological polar surface area (TPSA) is 66.1 Å². The Balaban J connectivity index is 1.48. The summed E-state index contributed by atoms with van der Waals surface area (Å²) in [5.41, 5.74) is 1.91. The first kappa shape index (κ1) is 17.3. The number of hydrogen-bond donors (Lipinski definition) is 1. The number of aliphatic hydroxyl groups excluding tert-OH is 1. The van der Waals surface area contributed by atoms with E-state index in [4.69, 9.17) is 10.00 Å². The maximum Gasteiger partial charge on any atom is 0.119 e. The third-order valence-electron chi connectivity index (χ3n) is 3.65. The van der Waals surface area contributed by atoms with Crippen LogP contribution in [0.2, 0.25) is 0 Å². The minimum Gasteiger partial charge on any atom is -0.491 e. The van der Waals surface area contributed by atoms with Gasteiger partial charge < -0.3 is 9.84 Å². The Kier molecular flexibility index (Phi) is 5.89. The maximum absolute atomic E-state index is 10.1. The van der Waals surface area contributed by atoms with E-state index in [1.54, 1.807) is 0 Å². The summed E-state index contributed by atoms with van der Waals surface area (Å²) in [5, 5.41) is 20.8. The molecule has 1 atom stereocenters. The van der Waals surface area contributed by atoms with Crippen molar-refractivity contribution in [1.29, 1.82) is 5.26 Å². The van der Waals surface area contributed by atoms with Crippen LogP contribution in [0.15, 0.2) is 65.7 Å². The van der Waals surface area contributed by atoms with E-state index in [1.165, 1.54) is 11.8 Å². The molecule has 0 saturated heterocycles. The number of aliphatic hydroxyl groups is 1. The van der Waals surface area contributed by atoms with Crippen LogP contribution < -0.4 is 4.74 Å². The SMILES string of the molecule is N#CCc1ccc(OC[C@@H](O)CSc2ccc3ccccc3n2)cc1. The summed E-state index contributed by atoms with van der Waals surface area (Å²) in [7, 11) is 0. The second-order valence-electron chi connectivity index (χ2n) is 5.60. The molecule has 0 unspecified atom stereocenters. The quantitative estimate of drug-likeness (QED) is 0.656. The predicted molar refractivity (Wildman–Crippen MR) is 99.7 cm³/mol. The van der Waals surface area contributed by atoms with E-state index in [-0.39, 0.29) is 6.61 Å². The third-order valence-corrected chi connectivity index (χ3v) is 4.72. The minimum atomic E-state index is -0.586. The molecule has 4 nitrogen and oxygen atoms in total. The average molecular weight is 350 g/mol. The first-order valence-electron chi connectivity index (χ1n) is 8.00. The van der Waals surface area contributed by atoms with Gasteiger partial charge >= 0.3 is 0 Å². The zero-order valence-electron chi connectivity index (χ0n) is 13.6. The van der Waals surface area contributed by atoms with Crippen LogP contribution in [0.1, 0.15) is 5.56 Å². The van der Waals surface area contributed by atoms with Gasteiger partial charge in [-0.15, -0.1) is 11.8 Å². The highest BCUT2D eigenvalue weighted by atomic mass is 32.2. The lowest BCUT2D eigenvalue weighted by Crippen LogP contribution is -2.20. The molecular weight excluding hydrogens is 332 g/mol. The number of rotatable bonds is 7. The smallest absolute Gasteiger partial charge is 0.119 e. The Bertz CT molecular complexity index is 875. The molecule has 3 aromatic rings. The molecule has 3 rings (SSSR count). The molecule has 0 radical (unpaired) electrons. The molecule has 0 fully saturated rings. The third kappa shape index (κ3) is 4.96. The second kappa shape index (κ2) is 8.52. The molecule has 1 aromatic heterocycles. The normalized spacial score (nSPS) is 11.8. The van der Waals surface area contributed by atoms with Crippen LogP contribution in [0.3, 0.4) is 0 Å². The predicted octanol–water partition coefficient (Wildman–Crippen LogP) is 3.83. The van der Waals surface area contributed by atoms with Gasteiger partial charge in [-0.1, -0.05) is 36.4 Å². The Morgan fingerprint density at radius 2 is 1.88 bits per heavy atom. The first-order chi connectivity index (χ1) is 12.2. The zero-order chi connectivity index (χ0) is 17.5. The number of nitrogens with zero attached hydrogens (tertiary/aromatic N) is 2. The molecule has 0 bridgehead atoms. The van der Waals surface area contributed by atoms with Crippen molar-refractivity contribution in [3.63, 3.8) is 0 Å². The lowest BCUT2D eigenvalue weighted by atomic mass is 10.2. The molecule has 0 amide bonds. The van der Waals surface area contributed by atoms with Crippen molar-refractivity contribution in [1.82, 2.24) is 4.98 Å². The monoisotopic (exact) mass is 350 g/mol. The minimum absolute atomic E-state index is 0.220. The van der Waals surface area contributed by atoms with Crippen molar-refractivity contribution >= 4 is 22.7 Å². The Morgan fingerprint density at radius 1 is 1.08 bits per heavy atom. The number of aromatic nitrogens is 1. The van der Waals surface area contributed by atoms with Gasteiger partial charge in [-0.3, -0.25) is 0 Å². The fraction of sp³-hybridized carbons (Fsp3) is 0.200. The van der Waals surface area contributed by atoms with E-state index in [1.807, 2.05) is 60.7 Å². The number of hydrogen-bond acceptors (Lipinski definition) is 5. The number of para-hydroxylation sites is 1. The summed E-state index contributed by atoms with van der Waals surface area (Å²) < 4.78 is 5.59. The summed E-state index contributed by atoms with van der Waals surface area (Å²) in [6.07, 6.45) is -0.199. The van der Waals surface area contributed by atoms with Crippen LogP contribution >= 0.6 is 11.8 Å². The molecule has 2 aromatic carbocycles. The van der Waals surface area contributed by atoms with Crippen LogP contribution in [-0.2, 0) is 6.42 Å². The molecule has 0 aliphatic carbocycles. The highest BCUT2D eigenvalue weighted by Gasteiger charge is 2.08. The van der Waals surface area contributed by atoms with Crippen LogP contribution in [-0.4, -0.2) is 28.6 Å². The van der Waals surface area contributed by atoms with E-state index < -0.39 is 6.10 Å². The molecule has 1 N–H and O–H groups in total. The number of fused-ring (bicyclic) bond motifs is 1. The van der Waals surface area contributed by atoms with E-state index in [9.17, 15) is 5.11 Å². The molecule has 25 heavy (non-hydrogen) atoms. The largest absolute Gasteiger partial charge is 0.491 e. The lowest BCUT2D eigenvalue weighted by Gasteiger charge is -2.12. The number of thioether (sulfide) groups is 1. The maximum atomic E-state index is 10.1. The van der Waals surface area contributed by atoms with Gasteiger partial charge in [0.25, 0.3) is 0 Å². The number of nitriles is 1. The number of ether oxygens (including phenoxy) is 1. The Labute approximate surface area is 151 Å². The fourth-order valence-corrected chi connectivity index (χ4v) is 3.13.